The predicted molar refractivity (Wildman–Crippen MR) is 76.1 cm³/mol. The number of hydrogen-bond donors (Lipinski definition) is 1. The summed E-state index contributed by atoms with van der Waals surface area (Å²) in [6, 6.07) is 6.87. The Bertz CT molecular complexity index is 554. The van der Waals surface area contributed by atoms with Crippen LogP contribution in [-0.2, 0) is 0 Å². The molecule has 5 heteroatoms. The molecule has 0 fully saturated rings. The summed E-state index contributed by atoms with van der Waals surface area (Å²) in [5.41, 5.74) is 6.58. The highest BCUT2D eigenvalue weighted by Gasteiger charge is 2.18. The second-order valence-corrected chi connectivity index (χ2v) is 6.07. The first-order valence-electron chi connectivity index (χ1n) is 4.85. The second-order valence-electron chi connectivity index (χ2n) is 3.55. The molecule has 2 rings (SSSR count). The lowest BCUT2D eigenvalue weighted by molar-refractivity contribution is 0.104. The SMILES string of the molecule is Cc1sc(C(=O)c2c(N)cccc2Cl)cc1Br. The number of nitrogens with two attached hydrogens (primary N) is 1. The molecule has 0 saturated heterocycles. The van der Waals surface area contributed by atoms with Gasteiger partial charge in [-0.1, -0.05) is 17.7 Å². The summed E-state index contributed by atoms with van der Waals surface area (Å²) in [6.45, 7) is 1.95. The molecular formula is C12H9BrClNOS. The monoisotopic (exact) mass is 329 g/mol. The van der Waals surface area contributed by atoms with Crippen LogP contribution >= 0.6 is 38.9 Å². The van der Waals surface area contributed by atoms with Crippen molar-refractivity contribution in [3.63, 3.8) is 0 Å². The molecule has 88 valence electrons. The Kier molecular flexibility index (Phi) is 3.56. The Labute approximate surface area is 117 Å². The van der Waals surface area contributed by atoms with E-state index in [-0.39, 0.29) is 5.78 Å². The minimum absolute atomic E-state index is 0.132. The summed E-state index contributed by atoms with van der Waals surface area (Å²) in [7, 11) is 0. The number of carbonyl (C=O) groups excluding carboxylic acids is 1. The minimum Gasteiger partial charge on any atom is -0.398 e. The van der Waals surface area contributed by atoms with Gasteiger partial charge in [-0.25, -0.2) is 0 Å². The summed E-state index contributed by atoms with van der Waals surface area (Å²) < 4.78 is 0.927. The van der Waals surface area contributed by atoms with Crippen LogP contribution < -0.4 is 5.73 Å². The van der Waals surface area contributed by atoms with Gasteiger partial charge in [0.25, 0.3) is 0 Å². The molecule has 2 nitrogen and oxygen atoms in total. The van der Waals surface area contributed by atoms with Gasteiger partial charge in [-0.3, -0.25) is 4.79 Å². The first-order valence-corrected chi connectivity index (χ1v) is 6.84. The molecule has 2 aromatic rings. The zero-order valence-electron chi connectivity index (χ0n) is 8.96. The van der Waals surface area contributed by atoms with E-state index in [9.17, 15) is 4.79 Å². The summed E-state index contributed by atoms with van der Waals surface area (Å²) in [5, 5.41) is 0.386. The van der Waals surface area contributed by atoms with Crippen LogP contribution in [0.5, 0.6) is 0 Å². The zero-order valence-corrected chi connectivity index (χ0v) is 12.1. The number of hydrogen-bond acceptors (Lipinski definition) is 3. The molecule has 0 aliphatic heterocycles. The van der Waals surface area contributed by atoms with Gasteiger partial charge >= 0.3 is 0 Å². The lowest BCUT2D eigenvalue weighted by Crippen LogP contribution is -2.04. The number of nitrogen functional groups attached to an aromatic ring is 1. The van der Waals surface area contributed by atoms with Gasteiger partial charge in [-0.05, 0) is 41.1 Å². The number of ketones is 1. The number of carbonyl (C=O) groups is 1. The van der Waals surface area contributed by atoms with Gasteiger partial charge in [0.1, 0.15) is 0 Å². The van der Waals surface area contributed by atoms with Crippen LogP contribution in [0.2, 0.25) is 5.02 Å². The third-order valence-electron chi connectivity index (χ3n) is 2.35. The quantitative estimate of drug-likeness (QED) is 0.659. The summed E-state index contributed by atoms with van der Waals surface area (Å²) in [6.07, 6.45) is 0. The standard InChI is InChI=1S/C12H9BrClNOS/c1-6-7(13)5-10(17-6)12(16)11-8(14)3-2-4-9(11)15/h2-5H,15H2,1H3. The molecule has 17 heavy (non-hydrogen) atoms. The summed E-state index contributed by atoms with van der Waals surface area (Å²) in [4.78, 5) is 14.0. The fourth-order valence-corrected chi connectivity index (χ4v) is 3.22. The molecule has 0 spiro atoms. The van der Waals surface area contributed by atoms with E-state index in [0.29, 0.717) is 21.2 Å². The van der Waals surface area contributed by atoms with Gasteiger partial charge in [0.15, 0.2) is 0 Å². The highest BCUT2D eigenvalue weighted by atomic mass is 79.9. The third-order valence-corrected chi connectivity index (χ3v) is 4.80. The maximum atomic E-state index is 12.3. The van der Waals surface area contributed by atoms with Gasteiger partial charge in [0.05, 0.1) is 15.5 Å². The maximum absolute atomic E-state index is 12.3. The number of halogens is 2. The Balaban J connectivity index is 2.51. The number of anilines is 1. The fourth-order valence-electron chi connectivity index (χ4n) is 1.48. The van der Waals surface area contributed by atoms with Crippen LogP contribution in [0.3, 0.4) is 0 Å². The highest BCUT2D eigenvalue weighted by molar-refractivity contribution is 9.10. The fraction of sp³-hybridized carbons (Fsp3) is 0.0833. The molecule has 1 heterocycles. The van der Waals surface area contributed by atoms with E-state index in [4.69, 9.17) is 17.3 Å². The molecule has 0 aliphatic rings. The van der Waals surface area contributed by atoms with E-state index in [0.717, 1.165) is 9.35 Å². The Morgan fingerprint density at radius 3 is 2.71 bits per heavy atom. The molecule has 1 aromatic carbocycles. The lowest BCUT2D eigenvalue weighted by atomic mass is 10.1. The Morgan fingerprint density at radius 1 is 1.47 bits per heavy atom. The van der Waals surface area contributed by atoms with Gasteiger partial charge in [0, 0.05) is 15.0 Å². The molecule has 0 atom stereocenters. The van der Waals surface area contributed by atoms with Crippen molar-refractivity contribution >= 4 is 50.3 Å². The Hall–Kier alpha value is -0.840. The van der Waals surface area contributed by atoms with Gasteiger partial charge in [0.2, 0.25) is 5.78 Å². The smallest absolute Gasteiger partial charge is 0.206 e. The van der Waals surface area contributed by atoms with Gasteiger partial charge < -0.3 is 5.73 Å². The summed E-state index contributed by atoms with van der Waals surface area (Å²) >= 11 is 10.8. The van der Waals surface area contributed by atoms with Crippen LogP contribution in [0.25, 0.3) is 0 Å². The van der Waals surface area contributed by atoms with Gasteiger partial charge in [-0.15, -0.1) is 11.3 Å². The van der Waals surface area contributed by atoms with E-state index in [1.54, 1.807) is 24.3 Å². The second kappa shape index (κ2) is 4.80. The van der Waals surface area contributed by atoms with E-state index in [1.807, 2.05) is 6.92 Å². The summed E-state index contributed by atoms with van der Waals surface area (Å²) in [5.74, 6) is -0.132. The van der Waals surface area contributed by atoms with Crippen molar-refractivity contribution in [1.29, 1.82) is 0 Å². The zero-order chi connectivity index (χ0) is 12.6. The molecular weight excluding hydrogens is 322 g/mol. The van der Waals surface area contributed by atoms with E-state index >= 15 is 0 Å². The van der Waals surface area contributed by atoms with E-state index < -0.39 is 0 Å². The van der Waals surface area contributed by atoms with E-state index in [2.05, 4.69) is 15.9 Å². The third kappa shape index (κ3) is 2.39. The first-order chi connectivity index (χ1) is 8.00. The molecule has 1 aromatic heterocycles. The maximum Gasteiger partial charge on any atom is 0.206 e. The van der Waals surface area contributed by atoms with Crippen LogP contribution in [0, 0.1) is 6.92 Å². The molecule has 0 saturated carbocycles. The van der Waals surface area contributed by atoms with Crippen molar-refractivity contribution in [2.45, 2.75) is 6.92 Å². The van der Waals surface area contributed by atoms with Crippen LogP contribution in [0.1, 0.15) is 20.1 Å². The van der Waals surface area contributed by atoms with Crippen LogP contribution in [0.15, 0.2) is 28.7 Å². The topological polar surface area (TPSA) is 43.1 Å². The molecule has 0 aliphatic carbocycles. The van der Waals surface area contributed by atoms with Crippen molar-refractivity contribution in [2.75, 3.05) is 5.73 Å². The molecule has 0 amide bonds. The molecule has 0 radical (unpaired) electrons. The average Bonchev–Trinajstić information content (AvgIpc) is 2.59. The Morgan fingerprint density at radius 2 is 2.18 bits per heavy atom. The lowest BCUT2D eigenvalue weighted by Gasteiger charge is -2.04. The molecule has 2 N–H and O–H groups in total. The van der Waals surface area contributed by atoms with Crippen molar-refractivity contribution in [3.8, 4) is 0 Å². The normalized spacial score (nSPS) is 10.5. The number of aryl methyl sites for hydroxylation is 1. The molecule has 0 bridgehead atoms. The first kappa shape index (κ1) is 12.6. The van der Waals surface area contributed by atoms with E-state index in [1.165, 1.54) is 11.3 Å². The van der Waals surface area contributed by atoms with Crippen molar-refractivity contribution in [1.82, 2.24) is 0 Å². The number of thiophene rings is 1. The van der Waals surface area contributed by atoms with Crippen LogP contribution in [0.4, 0.5) is 5.69 Å². The highest BCUT2D eigenvalue weighted by Crippen LogP contribution is 2.31. The largest absolute Gasteiger partial charge is 0.398 e. The van der Waals surface area contributed by atoms with Crippen molar-refractivity contribution in [2.24, 2.45) is 0 Å². The number of rotatable bonds is 2. The van der Waals surface area contributed by atoms with Crippen LogP contribution in [-0.4, -0.2) is 5.78 Å². The molecule has 0 unspecified atom stereocenters. The average molecular weight is 331 g/mol. The minimum atomic E-state index is -0.132. The van der Waals surface area contributed by atoms with Gasteiger partial charge in [-0.2, -0.15) is 0 Å². The predicted octanol–water partition coefficient (Wildman–Crippen LogP) is 4.29. The number of benzene rings is 1. The van der Waals surface area contributed by atoms with Crippen molar-refractivity contribution < 1.29 is 4.79 Å². The van der Waals surface area contributed by atoms with Crippen molar-refractivity contribution in [3.05, 3.63) is 49.1 Å².